The number of benzene rings is 1. The van der Waals surface area contributed by atoms with Gasteiger partial charge < -0.3 is 16.4 Å². The van der Waals surface area contributed by atoms with E-state index in [0.717, 1.165) is 18.4 Å². The highest BCUT2D eigenvalue weighted by Gasteiger charge is 2.51. The molecule has 114 valence electrons. The van der Waals surface area contributed by atoms with Crippen molar-refractivity contribution in [1.82, 2.24) is 10.6 Å². The van der Waals surface area contributed by atoms with Crippen molar-refractivity contribution in [3.05, 3.63) is 29.8 Å². The topological polar surface area (TPSA) is 84.2 Å². The first-order valence-corrected chi connectivity index (χ1v) is 7.35. The first-order chi connectivity index (χ1) is 9.94. The second-order valence-electron chi connectivity index (χ2n) is 6.08. The molecule has 0 spiro atoms. The summed E-state index contributed by atoms with van der Waals surface area (Å²) in [4.78, 5) is 24.0. The van der Waals surface area contributed by atoms with Crippen LogP contribution in [0.2, 0.25) is 0 Å². The van der Waals surface area contributed by atoms with Crippen LogP contribution >= 0.6 is 0 Å². The van der Waals surface area contributed by atoms with E-state index in [1.165, 1.54) is 0 Å². The Labute approximate surface area is 125 Å². The molecule has 0 aromatic heterocycles. The van der Waals surface area contributed by atoms with Gasteiger partial charge in [0.2, 0.25) is 11.8 Å². The van der Waals surface area contributed by atoms with Gasteiger partial charge in [-0.05, 0) is 36.5 Å². The Morgan fingerprint density at radius 2 is 1.81 bits per heavy atom. The lowest BCUT2D eigenvalue weighted by Gasteiger charge is -2.16. The van der Waals surface area contributed by atoms with Crippen molar-refractivity contribution in [3.8, 4) is 0 Å². The van der Waals surface area contributed by atoms with E-state index in [2.05, 4.69) is 10.6 Å². The zero-order chi connectivity index (χ0) is 15.5. The molecule has 1 aliphatic rings. The molecule has 5 heteroatoms. The summed E-state index contributed by atoms with van der Waals surface area (Å²) in [7, 11) is 0. The number of nitrogens with two attached hydrogens (primary N) is 1. The number of hydrogen-bond acceptors (Lipinski definition) is 3. The Kier molecular flexibility index (Phi) is 4.50. The van der Waals surface area contributed by atoms with Crippen LogP contribution in [0.4, 0.5) is 5.69 Å². The summed E-state index contributed by atoms with van der Waals surface area (Å²) in [6.45, 7) is 4.71. The molecule has 1 aromatic carbocycles. The summed E-state index contributed by atoms with van der Waals surface area (Å²) in [6, 6.07) is 7.39. The molecule has 1 fully saturated rings. The maximum Gasteiger partial charge on any atom is 0.239 e. The van der Waals surface area contributed by atoms with E-state index in [0.29, 0.717) is 18.2 Å². The molecular weight excluding hydrogens is 266 g/mol. The summed E-state index contributed by atoms with van der Waals surface area (Å²) in [6.07, 6.45) is 1.63. The van der Waals surface area contributed by atoms with E-state index in [1.807, 2.05) is 26.0 Å². The Bertz CT molecular complexity index is 519. The SMILES string of the molecule is CC(C)CNC(=O)CNC(=O)C1(c2ccc(N)cc2)CC1. The Balaban J connectivity index is 1.88. The van der Waals surface area contributed by atoms with E-state index >= 15 is 0 Å². The van der Waals surface area contributed by atoms with Crippen LogP contribution in [0, 0.1) is 5.92 Å². The Morgan fingerprint density at radius 1 is 1.19 bits per heavy atom. The molecule has 1 aromatic rings. The summed E-state index contributed by atoms with van der Waals surface area (Å²) in [5.41, 5.74) is 6.86. The molecule has 0 aliphatic heterocycles. The second-order valence-corrected chi connectivity index (χ2v) is 6.08. The van der Waals surface area contributed by atoms with Gasteiger partial charge in [-0.25, -0.2) is 0 Å². The third-order valence-corrected chi connectivity index (χ3v) is 3.76. The van der Waals surface area contributed by atoms with Crippen LogP contribution in [0.15, 0.2) is 24.3 Å². The summed E-state index contributed by atoms with van der Waals surface area (Å²) in [5, 5.41) is 5.53. The van der Waals surface area contributed by atoms with Crippen LogP contribution in [-0.4, -0.2) is 24.9 Å². The largest absolute Gasteiger partial charge is 0.399 e. The first kappa shape index (κ1) is 15.4. The smallest absolute Gasteiger partial charge is 0.239 e. The van der Waals surface area contributed by atoms with Crippen LogP contribution in [0.1, 0.15) is 32.3 Å². The molecule has 0 radical (unpaired) electrons. The highest BCUT2D eigenvalue weighted by atomic mass is 16.2. The van der Waals surface area contributed by atoms with E-state index < -0.39 is 5.41 Å². The van der Waals surface area contributed by atoms with Crippen LogP contribution in [-0.2, 0) is 15.0 Å². The van der Waals surface area contributed by atoms with Gasteiger partial charge in [0, 0.05) is 12.2 Å². The van der Waals surface area contributed by atoms with Crippen molar-refractivity contribution in [2.45, 2.75) is 32.1 Å². The van der Waals surface area contributed by atoms with E-state index in [9.17, 15) is 9.59 Å². The number of nitrogen functional groups attached to an aromatic ring is 1. The maximum absolute atomic E-state index is 12.3. The van der Waals surface area contributed by atoms with Crippen molar-refractivity contribution in [1.29, 1.82) is 0 Å². The molecular formula is C16H23N3O2. The second kappa shape index (κ2) is 6.16. The molecule has 1 saturated carbocycles. The predicted molar refractivity (Wildman–Crippen MR) is 82.6 cm³/mol. The first-order valence-electron chi connectivity index (χ1n) is 7.35. The summed E-state index contributed by atoms with van der Waals surface area (Å²) < 4.78 is 0. The number of hydrogen-bond donors (Lipinski definition) is 3. The van der Waals surface area contributed by atoms with Crippen molar-refractivity contribution in [2.24, 2.45) is 5.92 Å². The Hall–Kier alpha value is -2.04. The van der Waals surface area contributed by atoms with Gasteiger partial charge in [0.05, 0.1) is 12.0 Å². The molecule has 2 amide bonds. The van der Waals surface area contributed by atoms with E-state index in [-0.39, 0.29) is 18.4 Å². The van der Waals surface area contributed by atoms with Gasteiger partial charge in [0.1, 0.15) is 0 Å². The monoisotopic (exact) mass is 289 g/mol. The molecule has 5 nitrogen and oxygen atoms in total. The number of nitrogens with one attached hydrogen (secondary N) is 2. The number of anilines is 1. The quantitative estimate of drug-likeness (QED) is 0.688. The fourth-order valence-electron chi connectivity index (χ4n) is 2.28. The average Bonchev–Trinajstić information content (AvgIpc) is 3.25. The van der Waals surface area contributed by atoms with Gasteiger partial charge in [-0.1, -0.05) is 26.0 Å². The van der Waals surface area contributed by atoms with Gasteiger partial charge in [-0.3, -0.25) is 9.59 Å². The lowest BCUT2D eigenvalue weighted by Crippen LogP contribution is -2.42. The van der Waals surface area contributed by atoms with Crippen molar-refractivity contribution >= 4 is 17.5 Å². The van der Waals surface area contributed by atoms with Crippen LogP contribution in [0.3, 0.4) is 0 Å². The fraction of sp³-hybridized carbons (Fsp3) is 0.500. The predicted octanol–water partition coefficient (Wildman–Crippen LogP) is 1.19. The molecule has 0 atom stereocenters. The third kappa shape index (κ3) is 3.74. The lowest BCUT2D eigenvalue weighted by molar-refractivity contribution is -0.127. The van der Waals surface area contributed by atoms with Crippen molar-refractivity contribution < 1.29 is 9.59 Å². The van der Waals surface area contributed by atoms with Crippen LogP contribution in [0.5, 0.6) is 0 Å². The molecule has 0 bridgehead atoms. The molecule has 0 saturated heterocycles. The average molecular weight is 289 g/mol. The molecule has 0 unspecified atom stereocenters. The molecule has 21 heavy (non-hydrogen) atoms. The van der Waals surface area contributed by atoms with Gasteiger partial charge in [-0.2, -0.15) is 0 Å². The number of carbonyl (C=O) groups excluding carboxylic acids is 2. The highest BCUT2D eigenvalue weighted by Crippen LogP contribution is 2.48. The molecule has 4 N–H and O–H groups in total. The minimum atomic E-state index is -0.466. The lowest BCUT2D eigenvalue weighted by atomic mass is 9.95. The van der Waals surface area contributed by atoms with E-state index in [4.69, 9.17) is 5.73 Å². The van der Waals surface area contributed by atoms with Crippen molar-refractivity contribution in [2.75, 3.05) is 18.8 Å². The third-order valence-electron chi connectivity index (χ3n) is 3.76. The molecule has 2 rings (SSSR count). The zero-order valence-corrected chi connectivity index (χ0v) is 12.6. The minimum Gasteiger partial charge on any atom is -0.399 e. The van der Waals surface area contributed by atoms with Crippen molar-refractivity contribution in [3.63, 3.8) is 0 Å². The van der Waals surface area contributed by atoms with Crippen LogP contribution < -0.4 is 16.4 Å². The molecule has 0 heterocycles. The van der Waals surface area contributed by atoms with Gasteiger partial charge in [0.25, 0.3) is 0 Å². The van der Waals surface area contributed by atoms with Crippen LogP contribution in [0.25, 0.3) is 0 Å². The van der Waals surface area contributed by atoms with Gasteiger partial charge in [-0.15, -0.1) is 0 Å². The van der Waals surface area contributed by atoms with Gasteiger partial charge in [0.15, 0.2) is 0 Å². The Morgan fingerprint density at radius 3 is 2.33 bits per heavy atom. The highest BCUT2D eigenvalue weighted by molar-refractivity contribution is 5.94. The maximum atomic E-state index is 12.3. The number of carbonyl (C=O) groups is 2. The number of amides is 2. The van der Waals surface area contributed by atoms with Gasteiger partial charge >= 0.3 is 0 Å². The molecule has 1 aliphatic carbocycles. The summed E-state index contributed by atoms with van der Waals surface area (Å²) in [5.74, 6) is 0.173. The summed E-state index contributed by atoms with van der Waals surface area (Å²) >= 11 is 0. The normalized spacial score (nSPS) is 15.6. The zero-order valence-electron chi connectivity index (χ0n) is 12.6. The fourth-order valence-corrected chi connectivity index (χ4v) is 2.28. The van der Waals surface area contributed by atoms with E-state index in [1.54, 1.807) is 12.1 Å². The number of rotatable bonds is 6. The minimum absolute atomic E-state index is 0.0300. The standard InChI is InChI=1S/C16H23N3O2/c1-11(2)9-18-14(20)10-19-15(21)16(7-8-16)12-3-5-13(17)6-4-12/h3-6,11H,7-10,17H2,1-2H3,(H,18,20)(H,19,21).